The largest absolute Gasteiger partial charge is 0.392 e. The van der Waals surface area contributed by atoms with Crippen molar-refractivity contribution in [3.05, 3.63) is 0 Å². The molecule has 0 heterocycles. The maximum Gasteiger partial charge on any atom is 0.0693 e. The van der Waals surface area contributed by atoms with Crippen molar-refractivity contribution in [3.63, 3.8) is 0 Å². The molecule has 5 atom stereocenters. The monoisotopic (exact) mass is 211 g/mol. The fraction of sp³-hybridized carbons (Fsp3) is 1.00. The molecule has 2 nitrogen and oxygen atoms in total. The smallest absolute Gasteiger partial charge is 0.0693 e. The van der Waals surface area contributed by atoms with Crippen LogP contribution in [0.4, 0.5) is 0 Å². The fourth-order valence-corrected chi connectivity index (χ4v) is 3.23. The molecule has 2 rings (SSSR count). The molecule has 2 fully saturated rings. The zero-order valence-corrected chi connectivity index (χ0v) is 10.1. The summed E-state index contributed by atoms with van der Waals surface area (Å²) >= 11 is 0. The van der Waals surface area contributed by atoms with E-state index < -0.39 is 0 Å². The summed E-state index contributed by atoms with van der Waals surface area (Å²) in [7, 11) is 0. The summed E-state index contributed by atoms with van der Waals surface area (Å²) < 4.78 is 0. The predicted octanol–water partition coefficient (Wildman–Crippen LogP) is 2.31. The standard InChI is InChI=1S/C13H25NO/c1-9-5-3-6-11(10(9)2)14-12-7-4-8-13(12)15/h9-15H,3-8H2,1-2H3/t9?,10?,11?,12-,13-/m1/s1. The molecule has 0 amide bonds. The molecule has 3 unspecified atom stereocenters. The van der Waals surface area contributed by atoms with Crippen LogP contribution in [0.25, 0.3) is 0 Å². The maximum absolute atomic E-state index is 9.81. The van der Waals surface area contributed by atoms with E-state index in [1.54, 1.807) is 0 Å². The Morgan fingerprint density at radius 1 is 0.933 bits per heavy atom. The first-order chi connectivity index (χ1) is 7.18. The van der Waals surface area contributed by atoms with Crippen LogP contribution in [0.15, 0.2) is 0 Å². The average Bonchev–Trinajstić information content (AvgIpc) is 2.60. The second kappa shape index (κ2) is 4.84. The lowest BCUT2D eigenvalue weighted by Crippen LogP contribution is -2.48. The molecule has 0 aromatic rings. The van der Waals surface area contributed by atoms with Gasteiger partial charge in [-0.1, -0.05) is 26.7 Å². The van der Waals surface area contributed by atoms with Gasteiger partial charge in [0.25, 0.3) is 0 Å². The molecule has 0 aliphatic heterocycles. The molecular weight excluding hydrogens is 186 g/mol. The second-order valence-corrected chi connectivity index (χ2v) is 5.65. The number of aliphatic hydroxyl groups excluding tert-OH is 1. The van der Waals surface area contributed by atoms with Gasteiger partial charge in [-0.2, -0.15) is 0 Å². The van der Waals surface area contributed by atoms with Crippen molar-refractivity contribution < 1.29 is 5.11 Å². The lowest BCUT2D eigenvalue weighted by Gasteiger charge is -2.37. The van der Waals surface area contributed by atoms with Gasteiger partial charge in [0.1, 0.15) is 0 Å². The van der Waals surface area contributed by atoms with E-state index in [0.29, 0.717) is 12.1 Å². The van der Waals surface area contributed by atoms with Crippen LogP contribution in [-0.4, -0.2) is 23.3 Å². The third kappa shape index (κ3) is 2.54. The third-order valence-corrected chi connectivity index (χ3v) is 4.61. The molecule has 2 N–H and O–H groups in total. The number of hydrogen-bond donors (Lipinski definition) is 2. The van der Waals surface area contributed by atoms with Crippen LogP contribution in [0.5, 0.6) is 0 Å². The molecule has 2 aliphatic rings. The summed E-state index contributed by atoms with van der Waals surface area (Å²) in [5.74, 6) is 1.61. The van der Waals surface area contributed by atoms with Crippen molar-refractivity contribution in [2.45, 2.75) is 70.6 Å². The van der Waals surface area contributed by atoms with E-state index in [0.717, 1.165) is 18.3 Å². The van der Waals surface area contributed by atoms with Crippen LogP contribution >= 0.6 is 0 Å². The van der Waals surface area contributed by atoms with Gasteiger partial charge in [0.15, 0.2) is 0 Å². The van der Waals surface area contributed by atoms with Crippen molar-refractivity contribution >= 4 is 0 Å². The molecular formula is C13H25NO. The van der Waals surface area contributed by atoms with Crippen molar-refractivity contribution in [1.29, 1.82) is 0 Å². The highest BCUT2D eigenvalue weighted by Crippen LogP contribution is 2.31. The lowest BCUT2D eigenvalue weighted by atomic mass is 9.77. The van der Waals surface area contributed by atoms with Gasteiger partial charge in [-0.25, -0.2) is 0 Å². The first-order valence-corrected chi connectivity index (χ1v) is 6.62. The van der Waals surface area contributed by atoms with E-state index in [2.05, 4.69) is 19.2 Å². The summed E-state index contributed by atoms with van der Waals surface area (Å²) in [6, 6.07) is 1.02. The van der Waals surface area contributed by atoms with E-state index in [1.807, 2.05) is 0 Å². The molecule has 0 saturated heterocycles. The number of aliphatic hydroxyl groups is 1. The fourth-order valence-electron chi connectivity index (χ4n) is 3.23. The molecule has 2 aliphatic carbocycles. The normalized spacial score (nSPS) is 47.0. The molecule has 0 radical (unpaired) electrons. The predicted molar refractivity (Wildman–Crippen MR) is 62.7 cm³/mol. The van der Waals surface area contributed by atoms with E-state index in [1.165, 1.54) is 32.1 Å². The van der Waals surface area contributed by atoms with Crippen molar-refractivity contribution in [1.82, 2.24) is 5.32 Å². The first kappa shape index (κ1) is 11.4. The van der Waals surface area contributed by atoms with Gasteiger partial charge in [-0.15, -0.1) is 0 Å². The topological polar surface area (TPSA) is 32.3 Å². The minimum Gasteiger partial charge on any atom is -0.392 e. The Kier molecular flexibility index (Phi) is 3.68. The highest BCUT2D eigenvalue weighted by molar-refractivity contribution is 4.89. The van der Waals surface area contributed by atoms with Gasteiger partial charge in [0.2, 0.25) is 0 Å². The Bertz CT molecular complexity index is 207. The van der Waals surface area contributed by atoms with E-state index in [9.17, 15) is 5.11 Å². The van der Waals surface area contributed by atoms with Gasteiger partial charge in [-0.05, 0) is 37.5 Å². The summed E-state index contributed by atoms with van der Waals surface area (Å²) in [5.41, 5.74) is 0. The Balaban J connectivity index is 1.87. The minimum atomic E-state index is -0.0885. The average molecular weight is 211 g/mol. The third-order valence-electron chi connectivity index (χ3n) is 4.61. The van der Waals surface area contributed by atoms with E-state index >= 15 is 0 Å². The van der Waals surface area contributed by atoms with E-state index in [-0.39, 0.29) is 6.10 Å². The number of hydrogen-bond acceptors (Lipinski definition) is 2. The van der Waals surface area contributed by atoms with Gasteiger partial charge in [-0.3, -0.25) is 0 Å². The van der Waals surface area contributed by atoms with Gasteiger partial charge >= 0.3 is 0 Å². The zero-order chi connectivity index (χ0) is 10.8. The van der Waals surface area contributed by atoms with E-state index in [4.69, 9.17) is 0 Å². The molecule has 15 heavy (non-hydrogen) atoms. The SMILES string of the molecule is CC1CCCC(N[C@@H]2CCC[C@H]2O)C1C. The Morgan fingerprint density at radius 2 is 1.60 bits per heavy atom. The quantitative estimate of drug-likeness (QED) is 0.734. The minimum absolute atomic E-state index is 0.0885. The summed E-state index contributed by atoms with van der Waals surface area (Å²) in [4.78, 5) is 0. The Hall–Kier alpha value is -0.0800. The molecule has 2 saturated carbocycles. The van der Waals surface area contributed by atoms with Crippen LogP contribution < -0.4 is 5.32 Å². The Labute approximate surface area is 93.5 Å². The van der Waals surface area contributed by atoms with Crippen molar-refractivity contribution in [3.8, 4) is 0 Å². The summed E-state index contributed by atoms with van der Waals surface area (Å²) in [5, 5.41) is 13.5. The van der Waals surface area contributed by atoms with Crippen LogP contribution in [0.2, 0.25) is 0 Å². The Morgan fingerprint density at radius 3 is 2.27 bits per heavy atom. The molecule has 0 aromatic carbocycles. The molecule has 0 bridgehead atoms. The molecule has 88 valence electrons. The van der Waals surface area contributed by atoms with Gasteiger partial charge in [0, 0.05) is 12.1 Å². The van der Waals surface area contributed by atoms with Crippen LogP contribution in [-0.2, 0) is 0 Å². The highest BCUT2D eigenvalue weighted by Gasteiger charge is 2.32. The van der Waals surface area contributed by atoms with Crippen LogP contribution in [0.1, 0.15) is 52.4 Å². The van der Waals surface area contributed by atoms with Crippen molar-refractivity contribution in [2.24, 2.45) is 11.8 Å². The molecule has 2 heteroatoms. The second-order valence-electron chi connectivity index (χ2n) is 5.65. The highest BCUT2D eigenvalue weighted by atomic mass is 16.3. The number of nitrogens with one attached hydrogen (secondary N) is 1. The zero-order valence-electron chi connectivity index (χ0n) is 10.1. The van der Waals surface area contributed by atoms with Crippen LogP contribution in [0, 0.1) is 11.8 Å². The van der Waals surface area contributed by atoms with Crippen LogP contribution in [0.3, 0.4) is 0 Å². The molecule has 0 spiro atoms. The first-order valence-electron chi connectivity index (χ1n) is 6.62. The van der Waals surface area contributed by atoms with Crippen molar-refractivity contribution in [2.75, 3.05) is 0 Å². The lowest BCUT2D eigenvalue weighted by molar-refractivity contribution is 0.119. The van der Waals surface area contributed by atoms with Gasteiger partial charge < -0.3 is 10.4 Å². The summed E-state index contributed by atoms with van der Waals surface area (Å²) in [6.45, 7) is 4.73. The van der Waals surface area contributed by atoms with Gasteiger partial charge in [0.05, 0.1) is 6.10 Å². The summed E-state index contributed by atoms with van der Waals surface area (Å²) in [6.07, 6.45) is 7.30. The number of rotatable bonds is 2. The maximum atomic E-state index is 9.81. The molecule has 0 aromatic heterocycles.